The highest BCUT2D eigenvalue weighted by atomic mass is 79.9. The molecule has 0 aliphatic heterocycles. The third kappa shape index (κ3) is 15.2. The molecule has 0 aliphatic rings. The van der Waals surface area contributed by atoms with Gasteiger partial charge in [-0.05, 0) is 19.1 Å². The highest BCUT2D eigenvalue weighted by Gasteiger charge is 1.86. The number of carbonyl (C=O) groups excluding carboxylic acids is 1. The lowest BCUT2D eigenvalue weighted by Gasteiger charge is -1.88. The minimum absolute atomic E-state index is 0. The van der Waals surface area contributed by atoms with Crippen LogP contribution in [0.2, 0.25) is 0 Å². The first kappa shape index (κ1) is 25.1. The van der Waals surface area contributed by atoms with Crippen molar-refractivity contribution in [3.8, 4) is 0 Å². The lowest BCUT2D eigenvalue weighted by molar-refractivity contribution is -0.118. The molecule has 0 radical (unpaired) electrons. The first-order valence-corrected chi connectivity index (χ1v) is 5.63. The number of aryl methyl sites for hydroxylation is 1. The predicted octanol–water partition coefficient (Wildman–Crippen LogP) is 4.59. The number of halogens is 4. The molecule has 0 atom stereocenters. The summed E-state index contributed by atoms with van der Waals surface area (Å²) in [5, 5.41) is 0. The molecule has 0 amide bonds. The van der Waals surface area contributed by atoms with E-state index in [4.69, 9.17) is 0 Å². The van der Waals surface area contributed by atoms with Gasteiger partial charge in [-0.3, -0.25) is 18.9 Å². The first-order chi connectivity index (χ1) is 6.60. The molecule has 0 aromatic heterocycles. The van der Waals surface area contributed by atoms with Gasteiger partial charge in [-0.25, -0.2) is 0 Å². The number of benzene rings is 1. The average Bonchev–Trinajstić information content (AvgIpc) is 2.22. The monoisotopic (exact) mass is 316 g/mol. The van der Waals surface area contributed by atoms with Gasteiger partial charge in [0.1, 0.15) is 5.78 Å². The summed E-state index contributed by atoms with van der Waals surface area (Å²) in [5.41, 5.74) is 1.30. The fraction of sp³-hybridized carbons (Fsp3) is 0.417. The maximum Gasteiger partial charge on any atom is 0.132 e. The minimum atomic E-state index is 0. The molecule has 0 bridgehead atoms. The van der Waals surface area contributed by atoms with Crippen molar-refractivity contribution in [2.75, 3.05) is 0 Å². The third-order valence-electron chi connectivity index (χ3n) is 1.80. The number of Topliss-reactive ketones (excluding diaryl/α,β-unsaturated/α-hetero) is 1. The summed E-state index contributed by atoms with van der Waals surface area (Å²) in [7, 11) is 0. The molecule has 1 nitrogen and oxygen atoms in total. The Labute approximate surface area is 109 Å². The zero-order chi connectivity index (χ0) is 11.0. The van der Waals surface area contributed by atoms with E-state index in [2.05, 4.69) is 35.0 Å². The summed E-state index contributed by atoms with van der Waals surface area (Å²) in [4.78, 5) is 10.2. The van der Waals surface area contributed by atoms with Crippen LogP contribution in [0.25, 0.3) is 0 Å². The lowest BCUT2D eigenvalue weighted by atomic mass is 10.2. The van der Waals surface area contributed by atoms with E-state index in [1.54, 1.807) is 0 Å². The van der Waals surface area contributed by atoms with Crippen molar-refractivity contribution in [3.63, 3.8) is 0 Å². The van der Waals surface area contributed by atoms with Crippen LogP contribution in [0.1, 0.15) is 32.3 Å². The van der Waals surface area contributed by atoms with Crippen LogP contribution in [-0.2, 0) is 4.79 Å². The number of hydrogen-bond acceptors (Lipinski definition) is 1. The number of rotatable bonds is 2. The SMILES string of the molecule is CCC(=O)CC.Cc1ccc(Br)cc1.F.F.F. The van der Waals surface area contributed by atoms with Gasteiger partial charge in [-0.1, -0.05) is 47.5 Å². The molecule has 0 aliphatic carbocycles. The smallest absolute Gasteiger partial charge is 0.132 e. The van der Waals surface area contributed by atoms with E-state index in [1.807, 2.05) is 26.0 Å². The Morgan fingerprint density at radius 1 is 1.00 bits per heavy atom. The molecular weight excluding hydrogens is 297 g/mol. The predicted molar refractivity (Wildman–Crippen MR) is 72.0 cm³/mol. The Bertz CT molecular complexity index is 249. The maximum atomic E-state index is 10.2. The maximum absolute atomic E-state index is 10.2. The second kappa shape index (κ2) is 15.2. The van der Waals surface area contributed by atoms with Gasteiger partial charge in [0.2, 0.25) is 0 Å². The van der Waals surface area contributed by atoms with Crippen LogP contribution in [0.15, 0.2) is 28.7 Å². The fourth-order valence-corrected chi connectivity index (χ4v) is 1.05. The van der Waals surface area contributed by atoms with Gasteiger partial charge in [0.25, 0.3) is 0 Å². The van der Waals surface area contributed by atoms with Gasteiger partial charge in [-0.2, -0.15) is 0 Å². The molecule has 0 saturated heterocycles. The standard InChI is InChI=1S/C7H7Br.C5H10O.3FH/c1-6-2-4-7(8)5-3-6;1-3-5(6)4-2;;;/h2-5H,1H3;3-4H2,1-2H3;3*1H. The van der Waals surface area contributed by atoms with Crippen LogP contribution in [-0.4, -0.2) is 5.78 Å². The van der Waals surface area contributed by atoms with Crippen molar-refractivity contribution in [2.45, 2.75) is 33.6 Å². The van der Waals surface area contributed by atoms with Gasteiger partial charge < -0.3 is 0 Å². The summed E-state index contributed by atoms with van der Waals surface area (Å²) in [6, 6.07) is 8.22. The molecule has 0 unspecified atom stereocenters. The van der Waals surface area contributed by atoms with Crippen molar-refractivity contribution in [1.29, 1.82) is 0 Å². The van der Waals surface area contributed by atoms with Crippen molar-refractivity contribution in [2.24, 2.45) is 0 Å². The van der Waals surface area contributed by atoms with Gasteiger partial charge in [0.15, 0.2) is 0 Å². The van der Waals surface area contributed by atoms with Crippen LogP contribution in [0, 0.1) is 6.92 Å². The van der Waals surface area contributed by atoms with E-state index in [1.165, 1.54) is 5.56 Å². The summed E-state index contributed by atoms with van der Waals surface area (Å²) in [6.07, 6.45) is 1.38. The number of ketones is 1. The first-order valence-electron chi connectivity index (χ1n) is 4.84. The summed E-state index contributed by atoms with van der Waals surface area (Å²) < 4.78 is 1.14. The van der Waals surface area contributed by atoms with Gasteiger partial charge in [-0.15, -0.1) is 0 Å². The lowest BCUT2D eigenvalue weighted by Crippen LogP contribution is -1.88. The molecule has 1 rings (SSSR count). The third-order valence-corrected chi connectivity index (χ3v) is 2.33. The molecule has 17 heavy (non-hydrogen) atoms. The molecule has 0 N–H and O–H groups in total. The van der Waals surface area contributed by atoms with Crippen molar-refractivity contribution < 1.29 is 18.9 Å². The molecule has 1 aromatic rings. The van der Waals surface area contributed by atoms with E-state index in [-0.39, 0.29) is 14.1 Å². The van der Waals surface area contributed by atoms with Crippen LogP contribution in [0.3, 0.4) is 0 Å². The Hall–Kier alpha value is -0.840. The number of carbonyl (C=O) groups is 1. The Morgan fingerprint density at radius 3 is 1.53 bits per heavy atom. The average molecular weight is 317 g/mol. The van der Waals surface area contributed by atoms with E-state index >= 15 is 0 Å². The summed E-state index contributed by atoms with van der Waals surface area (Å²) in [6.45, 7) is 5.84. The molecule has 0 saturated carbocycles. The Kier molecular flexibility index (Phi) is 22.4. The molecule has 0 fully saturated rings. The van der Waals surface area contributed by atoms with Crippen LogP contribution < -0.4 is 0 Å². The second-order valence-electron chi connectivity index (χ2n) is 3.04. The van der Waals surface area contributed by atoms with Gasteiger partial charge >= 0.3 is 0 Å². The van der Waals surface area contributed by atoms with Gasteiger partial charge in [0, 0.05) is 17.3 Å². The number of hydrogen-bond donors (Lipinski definition) is 0. The largest absolute Gasteiger partial charge is 0.300 e. The van der Waals surface area contributed by atoms with Crippen molar-refractivity contribution in [1.82, 2.24) is 0 Å². The van der Waals surface area contributed by atoms with E-state index in [9.17, 15) is 4.79 Å². The van der Waals surface area contributed by atoms with E-state index in [0.717, 1.165) is 4.47 Å². The Morgan fingerprint density at radius 2 is 1.35 bits per heavy atom. The highest BCUT2D eigenvalue weighted by Crippen LogP contribution is 2.08. The molecule has 1 aromatic carbocycles. The topological polar surface area (TPSA) is 17.1 Å². The molecule has 5 heteroatoms. The van der Waals surface area contributed by atoms with Crippen molar-refractivity contribution >= 4 is 21.7 Å². The van der Waals surface area contributed by atoms with Crippen LogP contribution in [0.5, 0.6) is 0 Å². The highest BCUT2D eigenvalue weighted by molar-refractivity contribution is 9.10. The normalized spacial score (nSPS) is 7.29. The van der Waals surface area contributed by atoms with Crippen LogP contribution in [0.4, 0.5) is 14.1 Å². The van der Waals surface area contributed by atoms with E-state index in [0.29, 0.717) is 18.6 Å². The minimum Gasteiger partial charge on any atom is -0.300 e. The zero-order valence-corrected chi connectivity index (χ0v) is 11.8. The zero-order valence-electron chi connectivity index (χ0n) is 10.2. The quantitative estimate of drug-likeness (QED) is 0.780. The summed E-state index contributed by atoms with van der Waals surface area (Å²) in [5.74, 6) is 0.343. The molecule has 0 spiro atoms. The fourth-order valence-electron chi connectivity index (χ4n) is 0.783. The van der Waals surface area contributed by atoms with Crippen LogP contribution >= 0.6 is 15.9 Å². The second-order valence-corrected chi connectivity index (χ2v) is 3.96. The van der Waals surface area contributed by atoms with Gasteiger partial charge in [0.05, 0.1) is 0 Å². The molecule has 102 valence electrons. The van der Waals surface area contributed by atoms with Crippen molar-refractivity contribution in [3.05, 3.63) is 34.3 Å². The Balaban J connectivity index is -0.0000000873. The summed E-state index contributed by atoms with van der Waals surface area (Å²) >= 11 is 3.35. The molecule has 0 heterocycles. The molecular formula is C12H20BrF3O. The van der Waals surface area contributed by atoms with E-state index < -0.39 is 0 Å².